The number of hydrogen-bond donors (Lipinski definition) is 5. The Morgan fingerprint density at radius 2 is 1.38 bits per heavy atom. The molecule has 0 unspecified atom stereocenters. The molecule has 5 N–H and O–H groups in total. The molecule has 0 aliphatic heterocycles. The summed E-state index contributed by atoms with van der Waals surface area (Å²) >= 11 is 0. The Bertz CT molecular complexity index is 381. The third-order valence-corrected chi connectivity index (χ3v) is 1.67. The van der Waals surface area contributed by atoms with E-state index < -0.39 is 30.8 Å². The van der Waals surface area contributed by atoms with Gasteiger partial charge in [-0.2, -0.15) is 0 Å². The van der Waals surface area contributed by atoms with Crippen molar-refractivity contribution in [2.45, 2.75) is 0 Å². The Hall–Kier alpha value is 0.570. The van der Waals surface area contributed by atoms with E-state index in [4.69, 9.17) is 25.1 Å². The van der Waals surface area contributed by atoms with E-state index in [1.54, 1.807) is 0 Å². The summed E-state index contributed by atoms with van der Waals surface area (Å²) in [5, 5.41) is 26.9. The Morgan fingerprint density at radius 1 is 1.00 bits per heavy atom. The van der Waals surface area contributed by atoms with Gasteiger partial charge in [0.15, 0.2) is 11.5 Å². The van der Waals surface area contributed by atoms with E-state index in [9.17, 15) is 4.57 Å². The molecule has 10 heteroatoms. The van der Waals surface area contributed by atoms with E-state index in [-0.39, 0.29) is 59.1 Å². The van der Waals surface area contributed by atoms with Gasteiger partial charge in [0.25, 0.3) is 0 Å². The minimum absolute atomic E-state index is 0. The van der Waals surface area contributed by atoms with Gasteiger partial charge >= 0.3 is 66.9 Å². The summed E-state index contributed by atoms with van der Waals surface area (Å²) in [4.78, 5) is 16.8. The molecular formula is C6H9Na2O7P. The predicted molar refractivity (Wildman–Crippen MR) is 58.4 cm³/mol. The molecule has 7 nitrogen and oxygen atoms in total. The van der Waals surface area contributed by atoms with Crippen LogP contribution in [0.3, 0.4) is 0 Å². The van der Waals surface area contributed by atoms with Gasteiger partial charge in [-0.15, -0.1) is 0 Å². The van der Waals surface area contributed by atoms with Crippen LogP contribution in [0.25, 0.3) is 0 Å². The van der Waals surface area contributed by atoms with Crippen molar-refractivity contribution in [1.82, 2.24) is 0 Å². The van der Waals surface area contributed by atoms with Crippen molar-refractivity contribution in [3.63, 3.8) is 0 Å². The van der Waals surface area contributed by atoms with Crippen molar-refractivity contribution in [3.05, 3.63) is 12.1 Å². The van der Waals surface area contributed by atoms with E-state index >= 15 is 0 Å². The van der Waals surface area contributed by atoms with Crippen molar-refractivity contribution in [2.24, 2.45) is 0 Å². The van der Waals surface area contributed by atoms with Gasteiger partial charge in [-0.3, -0.25) is 9.79 Å². The summed E-state index contributed by atoms with van der Waals surface area (Å²) < 4.78 is 14.4. The first-order valence-corrected chi connectivity index (χ1v) is 4.83. The standard InChI is InChI=1S/C6H7O7P.2Na.2H/c7-3-1-4(8)6(5(9)2-3)13-14(10,11)12;;;;/h1-2,7-9H,(H2,10,11,12);;;;. The number of rotatable bonds is 2. The quantitative estimate of drug-likeness (QED) is 0.343. The van der Waals surface area contributed by atoms with Gasteiger partial charge < -0.3 is 19.8 Å². The van der Waals surface area contributed by atoms with Crippen LogP contribution in [-0.2, 0) is 4.57 Å². The second-order valence-electron chi connectivity index (χ2n) is 2.40. The zero-order chi connectivity index (χ0) is 10.9. The Kier molecular flexibility index (Phi) is 8.40. The maximum atomic E-state index is 10.4. The fourth-order valence-corrected chi connectivity index (χ4v) is 1.22. The zero-order valence-electron chi connectivity index (χ0n) is 6.65. The fourth-order valence-electron chi connectivity index (χ4n) is 0.797. The minimum atomic E-state index is -4.86. The van der Waals surface area contributed by atoms with E-state index in [1.165, 1.54) is 0 Å². The first kappa shape index (κ1) is 18.9. The van der Waals surface area contributed by atoms with E-state index in [2.05, 4.69) is 4.52 Å². The van der Waals surface area contributed by atoms with E-state index in [1.807, 2.05) is 0 Å². The summed E-state index contributed by atoms with van der Waals surface area (Å²) in [6.07, 6.45) is 0. The normalized spacial score (nSPS) is 9.88. The molecule has 1 aromatic carbocycles. The van der Waals surface area contributed by atoms with Crippen LogP contribution in [0.2, 0.25) is 0 Å². The molecule has 0 atom stereocenters. The molecule has 0 heterocycles. The molecule has 0 aliphatic rings. The average Bonchev–Trinajstić information content (AvgIpc) is 1.95. The van der Waals surface area contributed by atoms with Gasteiger partial charge in [-0.05, 0) is 0 Å². The molecule has 0 bridgehead atoms. The topological polar surface area (TPSA) is 127 Å². The van der Waals surface area contributed by atoms with Crippen LogP contribution in [0.4, 0.5) is 0 Å². The Labute approximate surface area is 135 Å². The van der Waals surface area contributed by atoms with E-state index in [0.29, 0.717) is 0 Å². The van der Waals surface area contributed by atoms with Crippen LogP contribution < -0.4 is 4.52 Å². The number of phosphoric ester groups is 1. The van der Waals surface area contributed by atoms with Crippen molar-refractivity contribution < 1.29 is 34.2 Å². The van der Waals surface area contributed by atoms with Crippen molar-refractivity contribution in [2.75, 3.05) is 0 Å². The molecule has 1 aromatic rings. The molecule has 0 amide bonds. The second-order valence-corrected chi connectivity index (χ2v) is 3.56. The molecule has 0 radical (unpaired) electrons. The maximum absolute atomic E-state index is 10.4. The molecule has 16 heavy (non-hydrogen) atoms. The predicted octanol–water partition coefficient (Wildman–Crippen LogP) is -1.02. The second kappa shape index (κ2) is 7.10. The third kappa shape index (κ3) is 5.77. The van der Waals surface area contributed by atoms with Gasteiger partial charge in [0.05, 0.1) is 0 Å². The molecule has 0 aliphatic carbocycles. The number of phenols is 3. The van der Waals surface area contributed by atoms with Crippen LogP contribution in [0.1, 0.15) is 0 Å². The number of benzene rings is 1. The third-order valence-electron chi connectivity index (χ3n) is 1.24. The molecule has 0 saturated heterocycles. The Morgan fingerprint density at radius 3 is 1.69 bits per heavy atom. The van der Waals surface area contributed by atoms with Crippen LogP contribution in [0, 0.1) is 0 Å². The van der Waals surface area contributed by atoms with Gasteiger partial charge in [0.1, 0.15) is 5.75 Å². The summed E-state index contributed by atoms with van der Waals surface area (Å²) in [6, 6.07) is 1.54. The van der Waals surface area contributed by atoms with Crippen molar-refractivity contribution >= 4 is 66.9 Å². The summed E-state index contributed by atoms with van der Waals surface area (Å²) in [5.41, 5.74) is 0. The SMILES string of the molecule is O=P(O)(O)Oc1c(O)cc(O)cc1O.[NaH].[NaH]. The van der Waals surface area contributed by atoms with Crippen LogP contribution in [-0.4, -0.2) is 84.2 Å². The zero-order valence-corrected chi connectivity index (χ0v) is 7.55. The van der Waals surface area contributed by atoms with Crippen LogP contribution in [0.15, 0.2) is 12.1 Å². The molecule has 0 fully saturated rings. The summed E-state index contributed by atoms with van der Waals surface area (Å²) in [7, 11) is -4.86. The number of phosphoric acid groups is 1. The monoisotopic (exact) mass is 270 g/mol. The average molecular weight is 270 g/mol. The molecule has 1 rings (SSSR count). The molecule has 0 saturated carbocycles. The fraction of sp³-hybridized carbons (Fsp3) is 0. The molecular weight excluding hydrogens is 261 g/mol. The number of phenolic OH excluding ortho intramolecular Hbond substituents is 3. The van der Waals surface area contributed by atoms with Crippen molar-refractivity contribution in [3.8, 4) is 23.0 Å². The van der Waals surface area contributed by atoms with Crippen molar-refractivity contribution in [1.29, 1.82) is 0 Å². The first-order valence-electron chi connectivity index (χ1n) is 3.29. The van der Waals surface area contributed by atoms with Crippen LogP contribution in [0.5, 0.6) is 23.0 Å². The molecule has 82 valence electrons. The van der Waals surface area contributed by atoms with Gasteiger partial charge in [0.2, 0.25) is 5.75 Å². The molecule has 0 spiro atoms. The van der Waals surface area contributed by atoms with E-state index in [0.717, 1.165) is 12.1 Å². The number of hydrogen-bond acceptors (Lipinski definition) is 5. The van der Waals surface area contributed by atoms with Gasteiger partial charge in [-0.25, -0.2) is 4.57 Å². The first-order chi connectivity index (χ1) is 6.29. The Balaban J connectivity index is 0. The molecule has 0 aromatic heterocycles. The van der Waals surface area contributed by atoms with Crippen LogP contribution >= 0.6 is 7.82 Å². The van der Waals surface area contributed by atoms with Gasteiger partial charge in [0, 0.05) is 12.1 Å². The summed E-state index contributed by atoms with van der Waals surface area (Å²) in [6.45, 7) is 0. The summed E-state index contributed by atoms with van der Waals surface area (Å²) in [5.74, 6) is -2.79. The number of aromatic hydroxyl groups is 3. The van der Waals surface area contributed by atoms with Gasteiger partial charge in [-0.1, -0.05) is 0 Å².